The van der Waals surface area contributed by atoms with Gasteiger partial charge in [0.25, 0.3) is 0 Å². The molecule has 1 aliphatic rings. The molecule has 14 heavy (non-hydrogen) atoms. The lowest BCUT2D eigenvalue weighted by Gasteiger charge is -2.37. The van der Waals surface area contributed by atoms with Crippen LogP contribution in [-0.2, 0) is 4.74 Å². The number of carbonyl (C=O) groups excluding carboxylic acids is 1. The molecule has 1 saturated heterocycles. The first-order valence-electron chi connectivity index (χ1n) is 5.49. The van der Waals surface area contributed by atoms with E-state index in [2.05, 4.69) is 13.8 Å². The summed E-state index contributed by atoms with van der Waals surface area (Å²) in [5.41, 5.74) is 0. The third kappa shape index (κ3) is 2.63. The van der Waals surface area contributed by atoms with E-state index in [0.717, 1.165) is 13.0 Å². The van der Waals surface area contributed by atoms with E-state index in [1.54, 1.807) is 0 Å². The second-order valence-electron chi connectivity index (χ2n) is 4.49. The molecule has 0 aromatic carbocycles. The van der Waals surface area contributed by atoms with E-state index in [0.29, 0.717) is 12.0 Å². The Labute approximate surface area is 86.4 Å². The fourth-order valence-corrected chi connectivity index (χ4v) is 1.86. The fraction of sp³-hybridized carbons (Fsp3) is 0.909. The second kappa shape index (κ2) is 4.67. The summed E-state index contributed by atoms with van der Waals surface area (Å²) in [5, 5.41) is 0. The maximum Gasteiger partial charge on any atom is 0.410 e. The molecule has 1 aliphatic heterocycles. The van der Waals surface area contributed by atoms with Crippen molar-refractivity contribution in [2.45, 2.75) is 52.7 Å². The number of nitrogens with zero attached hydrogens (tertiary/aromatic N) is 1. The van der Waals surface area contributed by atoms with Crippen LogP contribution in [0.5, 0.6) is 0 Å². The first kappa shape index (κ1) is 11.3. The van der Waals surface area contributed by atoms with E-state index in [4.69, 9.17) is 4.74 Å². The number of hydrogen-bond acceptors (Lipinski definition) is 2. The summed E-state index contributed by atoms with van der Waals surface area (Å²) in [4.78, 5) is 13.5. The van der Waals surface area contributed by atoms with Crippen molar-refractivity contribution in [1.82, 2.24) is 4.90 Å². The normalized spacial score (nSPS) is 27.9. The summed E-state index contributed by atoms with van der Waals surface area (Å²) < 4.78 is 5.20. The molecule has 0 N–H and O–H groups in total. The van der Waals surface area contributed by atoms with Crippen molar-refractivity contribution in [2.75, 3.05) is 6.54 Å². The van der Waals surface area contributed by atoms with Gasteiger partial charge in [-0.05, 0) is 39.5 Å². The maximum absolute atomic E-state index is 11.7. The number of piperidine rings is 1. The van der Waals surface area contributed by atoms with Gasteiger partial charge in [0.1, 0.15) is 0 Å². The molecule has 2 atom stereocenters. The van der Waals surface area contributed by atoms with Gasteiger partial charge in [-0.3, -0.25) is 0 Å². The number of likely N-dealkylation sites (tertiary alicyclic amines) is 1. The average molecular weight is 199 g/mol. The van der Waals surface area contributed by atoms with Crippen LogP contribution in [0.15, 0.2) is 0 Å². The molecule has 0 aromatic heterocycles. The Morgan fingerprint density at radius 1 is 1.43 bits per heavy atom. The minimum atomic E-state index is -0.154. The molecular weight excluding hydrogens is 178 g/mol. The van der Waals surface area contributed by atoms with Crippen LogP contribution in [0.2, 0.25) is 0 Å². The molecule has 0 spiro atoms. The van der Waals surface area contributed by atoms with Crippen molar-refractivity contribution in [1.29, 1.82) is 0 Å². The van der Waals surface area contributed by atoms with Crippen molar-refractivity contribution in [2.24, 2.45) is 5.92 Å². The molecular formula is C11H21NO2. The Bertz CT molecular complexity index is 203. The van der Waals surface area contributed by atoms with Gasteiger partial charge in [0.15, 0.2) is 0 Å². The van der Waals surface area contributed by atoms with Gasteiger partial charge in [0.05, 0.1) is 6.10 Å². The van der Waals surface area contributed by atoms with Crippen LogP contribution < -0.4 is 0 Å². The van der Waals surface area contributed by atoms with Crippen molar-refractivity contribution in [3.63, 3.8) is 0 Å². The van der Waals surface area contributed by atoms with Crippen LogP contribution in [0.25, 0.3) is 0 Å². The van der Waals surface area contributed by atoms with Crippen LogP contribution in [0.4, 0.5) is 4.79 Å². The minimum absolute atomic E-state index is 0.0214. The summed E-state index contributed by atoms with van der Waals surface area (Å²) in [6.07, 6.45) is 2.14. The highest BCUT2D eigenvalue weighted by Gasteiger charge is 2.29. The highest BCUT2D eigenvalue weighted by Crippen LogP contribution is 2.23. The van der Waals surface area contributed by atoms with Gasteiger partial charge in [-0.25, -0.2) is 4.79 Å². The Morgan fingerprint density at radius 2 is 2.07 bits per heavy atom. The molecule has 1 heterocycles. The average Bonchev–Trinajstić information content (AvgIpc) is 2.08. The molecule has 1 fully saturated rings. The quantitative estimate of drug-likeness (QED) is 0.649. The van der Waals surface area contributed by atoms with E-state index in [1.165, 1.54) is 6.42 Å². The van der Waals surface area contributed by atoms with Gasteiger partial charge >= 0.3 is 6.09 Å². The molecule has 1 amide bonds. The lowest BCUT2D eigenvalue weighted by Crippen LogP contribution is -2.46. The lowest BCUT2D eigenvalue weighted by molar-refractivity contribution is 0.0440. The molecule has 0 radical (unpaired) electrons. The predicted molar refractivity (Wildman–Crippen MR) is 56.2 cm³/mol. The Balaban J connectivity index is 2.53. The maximum atomic E-state index is 11.7. The summed E-state index contributed by atoms with van der Waals surface area (Å²) >= 11 is 0. The van der Waals surface area contributed by atoms with E-state index in [1.807, 2.05) is 18.7 Å². The third-order valence-electron chi connectivity index (χ3n) is 2.94. The number of carbonyl (C=O) groups is 1. The summed E-state index contributed by atoms with van der Waals surface area (Å²) in [6.45, 7) is 8.91. The largest absolute Gasteiger partial charge is 0.447 e. The molecule has 0 aromatic rings. The zero-order valence-corrected chi connectivity index (χ0v) is 9.62. The Hall–Kier alpha value is -0.730. The van der Waals surface area contributed by atoms with E-state index in [-0.39, 0.29) is 12.2 Å². The van der Waals surface area contributed by atoms with E-state index >= 15 is 0 Å². The first-order valence-corrected chi connectivity index (χ1v) is 5.49. The standard InChI is InChI=1S/C11H21NO2/c1-8(2)14-11(13)12-7-5-6-9(3)10(12)4/h8-10H,5-7H2,1-4H3. The second-order valence-corrected chi connectivity index (χ2v) is 4.49. The van der Waals surface area contributed by atoms with Gasteiger partial charge in [-0.2, -0.15) is 0 Å². The fourth-order valence-electron chi connectivity index (χ4n) is 1.86. The van der Waals surface area contributed by atoms with Crippen molar-refractivity contribution < 1.29 is 9.53 Å². The number of hydrogen-bond donors (Lipinski definition) is 0. The van der Waals surface area contributed by atoms with Crippen LogP contribution in [0.1, 0.15) is 40.5 Å². The smallest absolute Gasteiger partial charge is 0.410 e. The van der Waals surface area contributed by atoms with Gasteiger partial charge in [0.2, 0.25) is 0 Å². The molecule has 0 saturated carbocycles. The van der Waals surface area contributed by atoms with E-state index in [9.17, 15) is 4.79 Å². The van der Waals surface area contributed by atoms with Gasteiger partial charge < -0.3 is 9.64 Å². The SMILES string of the molecule is CC(C)OC(=O)N1CCCC(C)C1C. The molecule has 3 heteroatoms. The van der Waals surface area contributed by atoms with Crippen molar-refractivity contribution in [3.05, 3.63) is 0 Å². The van der Waals surface area contributed by atoms with Gasteiger partial charge in [-0.15, -0.1) is 0 Å². The van der Waals surface area contributed by atoms with Gasteiger partial charge in [0, 0.05) is 12.6 Å². The predicted octanol–water partition coefficient (Wildman–Crippen LogP) is 2.65. The third-order valence-corrected chi connectivity index (χ3v) is 2.94. The van der Waals surface area contributed by atoms with E-state index < -0.39 is 0 Å². The Kier molecular flexibility index (Phi) is 3.78. The molecule has 82 valence electrons. The minimum Gasteiger partial charge on any atom is -0.447 e. The van der Waals surface area contributed by atoms with Crippen molar-refractivity contribution in [3.8, 4) is 0 Å². The van der Waals surface area contributed by atoms with Crippen LogP contribution >= 0.6 is 0 Å². The van der Waals surface area contributed by atoms with Crippen molar-refractivity contribution >= 4 is 6.09 Å². The highest BCUT2D eigenvalue weighted by molar-refractivity contribution is 5.68. The monoisotopic (exact) mass is 199 g/mol. The number of ether oxygens (including phenoxy) is 1. The van der Waals surface area contributed by atoms with Crippen LogP contribution in [-0.4, -0.2) is 29.7 Å². The molecule has 0 aliphatic carbocycles. The first-order chi connectivity index (χ1) is 6.52. The van der Waals surface area contributed by atoms with Crippen LogP contribution in [0, 0.1) is 5.92 Å². The molecule has 0 bridgehead atoms. The number of rotatable bonds is 1. The lowest BCUT2D eigenvalue weighted by atomic mass is 9.92. The molecule has 3 nitrogen and oxygen atoms in total. The van der Waals surface area contributed by atoms with Crippen LogP contribution in [0.3, 0.4) is 0 Å². The zero-order chi connectivity index (χ0) is 10.7. The summed E-state index contributed by atoms with van der Waals surface area (Å²) in [5.74, 6) is 0.587. The Morgan fingerprint density at radius 3 is 2.64 bits per heavy atom. The van der Waals surface area contributed by atoms with Gasteiger partial charge in [-0.1, -0.05) is 6.92 Å². The molecule has 2 unspecified atom stereocenters. The molecule has 1 rings (SSSR count). The highest BCUT2D eigenvalue weighted by atomic mass is 16.6. The summed E-state index contributed by atoms with van der Waals surface area (Å²) in [6, 6.07) is 0.315. The topological polar surface area (TPSA) is 29.5 Å². The summed E-state index contributed by atoms with van der Waals surface area (Å²) in [7, 11) is 0. The number of amides is 1. The zero-order valence-electron chi connectivity index (χ0n) is 9.62.